The lowest BCUT2D eigenvalue weighted by Crippen LogP contribution is -2.62. The third-order valence-corrected chi connectivity index (χ3v) is 11.2. The number of likely N-dealkylation sites (tertiary alicyclic amines) is 1. The van der Waals surface area contributed by atoms with Gasteiger partial charge in [0.05, 0.1) is 10.9 Å². The van der Waals surface area contributed by atoms with E-state index in [1.165, 1.54) is 29.2 Å². The van der Waals surface area contributed by atoms with E-state index in [1.54, 1.807) is 40.7 Å². The van der Waals surface area contributed by atoms with Crippen LogP contribution in [0.4, 0.5) is 4.79 Å². The van der Waals surface area contributed by atoms with Gasteiger partial charge in [0.2, 0.25) is 17.6 Å². The maximum Gasteiger partial charge on any atom is 0.316 e. The average molecular weight is 689 g/mol. The van der Waals surface area contributed by atoms with E-state index in [-0.39, 0.29) is 41.0 Å². The molecule has 4 rings (SSSR count). The van der Waals surface area contributed by atoms with Crippen molar-refractivity contribution in [1.29, 1.82) is 0 Å². The van der Waals surface area contributed by atoms with Crippen molar-refractivity contribution in [2.24, 2.45) is 40.2 Å². The Kier molecular flexibility index (Phi) is 10.3. The van der Waals surface area contributed by atoms with Gasteiger partial charge >= 0.3 is 6.03 Å². The van der Waals surface area contributed by atoms with E-state index in [9.17, 15) is 37.2 Å². The van der Waals surface area contributed by atoms with Gasteiger partial charge < -0.3 is 26.6 Å². The minimum absolute atomic E-state index is 0.000879. The first-order valence-electron chi connectivity index (χ1n) is 16.3. The van der Waals surface area contributed by atoms with Gasteiger partial charge in [-0.1, -0.05) is 79.5 Å². The number of nitrogens with one attached hydrogen (secondary N) is 4. The number of piperidine rings is 1. The Morgan fingerprint density at radius 2 is 1.58 bits per heavy atom. The summed E-state index contributed by atoms with van der Waals surface area (Å²) in [5.74, 6) is -4.60. The number of nitrogens with two attached hydrogens (primary N) is 1. The summed E-state index contributed by atoms with van der Waals surface area (Å²) in [4.78, 5) is 80.2. The van der Waals surface area contributed by atoms with E-state index in [4.69, 9.17) is 5.73 Å². The molecule has 0 spiro atoms. The molecule has 1 aromatic rings. The quantitative estimate of drug-likeness (QED) is 0.189. The highest BCUT2D eigenvalue weighted by atomic mass is 32.2. The fourth-order valence-corrected chi connectivity index (χ4v) is 7.70. The Hall–Kier alpha value is -4.01. The maximum atomic E-state index is 14.2. The van der Waals surface area contributed by atoms with Gasteiger partial charge in [0.25, 0.3) is 21.8 Å². The van der Waals surface area contributed by atoms with Gasteiger partial charge in [0.1, 0.15) is 18.1 Å². The number of hydrogen-bond donors (Lipinski definition) is 5. The van der Waals surface area contributed by atoms with Crippen molar-refractivity contribution in [3.8, 4) is 0 Å². The molecule has 1 unspecified atom stereocenters. The second kappa shape index (κ2) is 13.5. The van der Waals surface area contributed by atoms with Gasteiger partial charge in [-0.15, -0.1) is 0 Å². The minimum Gasteiger partial charge on any atom is -0.363 e. The molecule has 6 atom stereocenters. The Balaban J connectivity index is 1.51. The Morgan fingerprint density at radius 3 is 2.10 bits per heavy atom. The van der Waals surface area contributed by atoms with Crippen molar-refractivity contribution in [3.05, 3.63) is 30.3 Å². The van der Waals surface area contributed by atoms with Gasteiger partial charge in [-0.25, -0.2) is 17.9 Å². The van der Waals surface area contributed by atoms with Crippen LogP contribution in [0.25, 0.3) is 0 Å². The molecule has 2 aliphatic carbocycles. The van der Waals surface area contributed by atoms with Crippen LogP contribution in [0.1, 0.15) is 67.7 Å². The van der Waals surface area contributed by atoms with Crippen molar-refractivity contribution in [1.82, 2.24) is 25.6 Å². The maximum absolute atomic E-state index is 14.2. The Bertz CT molecular complexity index is 1570. The topological polar surface area (TPSA) is 214 Å². The number of primary amides is 1. The molecule has 48 heavy (non-hydrogen) atoms. The van der Waals surface area contributed by atoms with Gasteiger partial charge in [-0.3, -0.25) is 24.0 Å². The van der Waals surface area contributed by atoms with Crippen molar-refractivity contribution in [3.63, 3.8) is 0 Å². The zero-order valence-corrected chi connectivity index (χ0v) is 29.3. The smallest absolute Gasteiger partial charge is 0.316 e. The second-order valence-electron chi connectivity index (χ2n) is 15.3. The summed E-state index contributed by atoms with van der Waals surface area (Å²) in [6, 6.07) is 1.97. The molecule has 1 saturated heterocycles. The Morgan fingerprint density at radius 1 is 0.979 bits per heavy atom. The molecular weight excluding hydrogens is 640 g/mol. The molecule has 3 fully saturated rings. The largest absolute Gasteiger partial charge is 0.363 e. The first-order chi connectivity index (χ1) is 22.2. The van der Waals surface area contributed by atoms with Crippen molar-refractivity contribution >= 4 is 45.5 Å². The van der Waals surface area contributed by atoms with Crippen LogP contribution in [0.5, 0.6) is 0 Å². The number of ketones is 1. The SMILES string of the molecule is CC(C)[C@H](NC(=O)N[C@H](C(=O)N1C[C@H]2[C@@H]([C@H]1C(=O)NC(CC1CC1)C(=O)C(N)=O)C2(C)C)C(C)(C)C)C(=O)NS(=O)(=O)c1ccccc1. The molecule has 3 aliphatic rings. The third kappa shape index (κ3) is 7.99. The highest BCUT2D eigenvalue weighted by Gasteiger charge is 2.70. The summed E-state index contributed by atoms with van der Waals surface area (Å²) in [7, 11) is -4.21. The summed E-state index contributed by atoms with van der Waals surface area (Å²) in [5.41, 5.74) is 4.16. The summed E-state index contributed by atoms with van der Waals surface area (Å²) in [6.07, 6.45) is 2.05. The van der Waals surface area contributed by atoms with E-state index in [1.807, 2.05) is 18.6 Å². The van der Waals surface area contributed by atoms with Crippen LogP contribution in [-0.2, 0) is 34.0 Å². The molecular formula is C33H48N6O8S. The second-order valence-corrected chi connectivity index (χ2v) is 17.0. The molecule has 1 heterocycles. The number of Topliss-reactive ketones (excluding diaryl/α,β-unsaturated/α-hetero) is 1. The third-order valence-electron chi connectivity index (χ3n) is 9.81. The average Bonchev–Trinajstić information content (AvgIpc) is 3.84. The fourth-order valence-electron chi connectivity index (χ4n) is 6.68. The molecule has 0 aromatic heterocycles. The molecule has 1 aromatic carbocycles. The van der Waals surface area contributed by atoms with Crippen LogP contribution in [0, 0.1) is 34.5 Å². The van der Waals surface area contributed by atoms with E-state index in [2.05, 4.69) is 16.0 Å². The highest BCUT2D eigenvalue weighted by molar-refractivity contribution is 7.90. The molecule has 0 radical (unpaired) electrons. The lowest BCUT2D eigenvalue weighted by Gasteiger charge is -2.38. The number of carbonyl (C=O) groups excluding carboxylic acids is 6. The summed E-state index contributed by atoms with van der Waals surface area (Å²) < 4.78 is 27.6. The number of hydrogen-bond acceptors (Lipinski definition) is 8. The van der Waals surface area contributed by atoms with Gasteiger partial charge in [0, 0.05) is 6.54 Å². The van der Waals surface area contributed by atoms with E-state index >= 15 is 0 Å². The van der Waals surface area contributed by atoms with Gasteiger partial charge in [-0.05, 0) is 53.1 Å². The summed E-state index contributed by atoms with van der Waals surface area (Å²) in [6.45, 7) is 12.7. The summed E-state index contributed by atoms with van der Waals surface area (Å²) >= 11 is 0. The van der Waals surface area contributed by atoms with Crippen molar-refractivity contribution in [2.75, 3.05) is 6.54 Å². The zero-order chi connectivity index (χ0) is 35.9. The van der Waals surface area contributed by atoms with Crippen LogP contribution in [0.3, 0.4) is 0 Å². The number of amides is 6. The number of urea groups is 1. The highest BCUT2D eigenvalue weighted by Crippen LogP contribution is 2.65. The van der Waals surface area contributed by atoms with Crippen LogP contribution in [0.15, 0.2) is 35.2 Å². The van der Waals surface area contributed by atoms with E-state index in [0.717, 1.165) is 12.8 Å². The lowest BCUT2D eigenvalue weighted by atomic mass is 9.85. The molecule has 14 nitrogen and oxygen atoms in total. The number of fused-ring (bicyclic) bond motifs is 1. The molecule has 15 heteroatoms. The van der Waals surface area contributed by atoms with Gasteiger partial charge in [0.15, 0.2) is 0 Å². The fraction of sp³-hybridized carbons (Fsp3) is 0.636. The predicted octanol–water partition coefficient (Wildman–Crippen LogP) is 1.05. The van der Waals surface area contributed by atoms with Crippen molar-refractivity contribution in [2.45, 2.75) is 96.8 Å². The van der Waals surface area contributed by atoms with E-state index < -0.39 is 81.0 Å². The van der Waals surface area contributed by atoms with Crippen molar-refractivity contribution < 1.29 is 37.2 Å². The van der Waals surface area contributed by atoms with Crippen LogP contribution in [-0.4, -0.2) is 79.5 Å². The first kappa shape index (κ1) is 36.8. The predicted molar refractivity (Wildman–Crippen MR) is 175 cm³/mol. The number of benzene rings is 1. The molecule has 1 aliphatic heterocycles. The molecule has 2 saturated carbocycles. The van der Waals surface area contributed by atoms with Gasteiger partial charge in [-0.2, -0.15) is 0 Å². The molecule has 6 amide bonds. The number of carbonyl (C=O) groups is 6. The van der Waals surface area contributed by atoms with Crippen LogP contribution in [0.2, 0.25) is 0 Å². The lowest BCUT2D eigenvalue weighted by molar-refractivity contribution is -0.145. The molecule has 6 N–H and O–H groups in total. The zero-order valence-electron chi connectivity index (χ0n) is 28.5. The number of rotatable bonds is 13. The number of nitrogens with zero attached hydrogens (tertiary/aromatic N) is 1. The van der Waals surface area contributed by atoms with E-state index in [0.29, 0.717) is 0 Å². The van der Waals surface area contributed by atoms with Crippen LogP contribution >= 0.6 is 0 Å². The summed E-state index contributed by atoms with van der Waals surface area (Å²) in [5, 5.41) is 7.90. The normalized spacial score (nSPS) is 23.2. The number of sulfonamides is 1. The minimum atomic E-state index is -4.21. The Labute approximate surface area is 281 Å². The molecule has 264 valence electrons. The first-order valence-corrected chi connectivity index (χ1v) is 17.8. The monoisotopic (exact) mass is 688 g/mol. The standard InChI is InChI=1S/C33H48N6O8S/c1-17(2)23(28(42)38-48(46,47)19-11-9-8-10-12-19)36-31(45)37-26(32(3,4)5)30(44)39-16-20-22(33(20,6)7)24(39)29(43)35-21(15-18-13-14-18)25(40)27(34)41/h8-12,17-18,20-24,26H,13-16H2,1-7H3,(H2,34,41)(H,35,43)(H,38,42)(H2,36,37,45)/t20-,21?,22-,23-,24-,26+/m0/s1. The van der Waals surface area contributed by atoms with Crippen LogP contribution < -0.4 is 26.4 Å². The molecule has 0 bridgehead atoms.